The molecule has 28 heavy (non-hydrogen) atoms. The summed E-state index contributed by atoms with van der Waals surface area (Å²) >= 11 is 1.35. The minimum atomic E-state index is 0.0786. The fourth-order valence-corrected chi connectivity index (χ4v) is 3.97. The maximum Gasteiger partial charge on any atom is 0.214 e. The first-order chi connectivity index (χ1) is 13.5. The van der Waals surface area contributed by atoms with E-state index in [0.717, 1.165) is 41.2 Å². The van der Waals surface area contributed by atoms with Crippen molar-refractivity contribution in [1.29, 1.82) is 0 Å². The number of carbonyl (C=O) groups excluding carboxylic acids is 1. The number of ether oxygens (including phenoxy) is 1. The van der Waals surface area contributed by atoms with Gasteiger partial charge < -0.3 is 9.30 Å². The zero-order chi connectivity index (χ0) is 20.1. The molecule has 1 aromatic carbocycles. The van der Waals surface area contributed by atoms with Gasteiger partial charge >= 0.3 is 0 Å². The Morgan fingerprint density at radius 2 is 2.04 bits per heavy atom. The Kier molecular flexibility index (Phi) is 6.64. The van der Waals surface area contributed by atoms with E-state index in [4.69, 9.17) is 4.74 Å². The van der Waals surface area contributed by atoms with Crippen molar-refractivity contribution < 1.29 is 9.53 Å². The summed E-state index contributed by atoms with van der Waals surface area (Å²) in [4.78, 5) is 12.8. The number of benzene rings is 1. The van der Waals surface area contributed by atoms with Crippen molar-refractivity contribution >= 4 is 17.5 Å². The van der Waals surface area contributed by atoms with Gasteiger partial charge in [0.25, 0.3) is 0 Å². The number of tetrazole rings is 1. The van der Waals surface area contributed by atoms with Gasteiger partial charge in [0.05, 0.1) is 11.4 Å². The molecule has 2 heterocycles. The highest BCUT2D eigenvalue weighted by molar-refractivity contribution is 7.99. The van der Waals surface area contributed by atoms with Crippen molar-refractivity contribution in [2.45, 2.75) is 38.9 Å². The van der Waals surface area contributed by atoms with Crippen LogP contribution in [0.3, 0.4) is 0 Å². The molecule has 0 atom stereocenters. The Bertz CT molecular complexity index is 963. The lowest BCUT2D eigenvalue weighted by atomic mass is 10.2. The van der Waals surface area contributed by atoms with Gasteiger partial charge in [-0.2, -0.15) is 4.68 Å². The summed E-state index contributed by atoms with van der Waals surface area (Å²) in [6.45, 7) is 7.60. The summed E-state index contributed by atoms with van der Waals surface area (Å²) in [5.41, 5.74) is 4.86. The SMILES string of the molecule is COCCCn1c(C)cc(C(=O)CSc2nnnn2-c2cccc(C)c2)c1C. The van der Waals surface area contributed by atoms with E-state index in [1.807, 2.05) is 51.1 Å². The highest BCUT2D eigenvalue weighted by Gasteiger charge is 2.18. The molecule has 0 spiro atoms. The lowest BCUT2D eigenvalue weighted by molar-refractivity contribution is 0.102. The number of Topliss-reactive ketones (excluding diaryl/α,β-unsaturated/α-hetero) is 1. The van der Waals surface area contributed by atoms with Gasteiger partial charge in [-0.3, -0.25) is 4.79 Å². The van der Waals surface area contributed by atoms with Gasteiger partial charge in [-0.25, -0.2) is 0 Å². The van der Waals surface area contributed by atoms with Crippen LogP contribution in [-0.4, -0.2) is 50.0 Å². The molecule has 0 N–H and O–H groups in total. The van der Waals surface area contributed by atoms with Gasteiger partial charge in [0.2, 0.25) is 5.16 Å². The van der Waals surface area contributed by atoms with Crippen LogP contribution in [0.5, 0.6) is 0 Å². The number of nitrogens with zero attached hydrogens (tertiary/aromatic N) is 5. The van der Waals surface area contributed by atoms with Gasteiger partial charge in [-0.15, -0.1) is 5.10 Å². The highest BCUT2D eigenvalue weighted by atomic mass is 32.2. The molecule has 0 bridgehead atoms. The van der Waals surface area contributed by atoms with E-state index in [-0.39, 0.29) is 11.5 Å². The summed E-state index contributed by atoms with van der Waals surface area (Å²) in [5.74, 6) is 0.365. The first kappa shape index (κ1) is 20.3. The number of methoxy groups -OCH3 is 1. The van der Waals surface area contributed by atoms with Crippen molar-refractivity contribution in [3.05, 3.63) is 52.8 Å². The highest BCUT2D eigenvalue weighted by Crippen LogP contribution is 2.22. The Labute approximate surface area is 169 Å². The van der Waals surface area contributed by atoms with Crippen LogP contribution < -0.4 is 0 Å². The standard InChI is InChI=1S/C20H25N5O2S/c1-14-7-5-8-17(11-14)25-20(21-22-23-25)28-13-19(26)18-12-15(2)24(16(18)3)9-6-10-27-4/h5,7-8,11-12H,6,9-10,13H2,1-4H3. The molecule has 2 aromatic heterocycles. The van der Waals surface area contributed by atoms with Crippen LogP contribution in [-0.2, 0) is 11.3 Å². The quantitative estimate of drug-likeness (QED) is 0.312. The number of aryl methyl sites for hydroxylation is 2. The fourth-order valence-electron chi connectivity index (χ4n) is 3.19. The van der Waals surface area contributed by atoms with Crippen molar-refractivity contribution in [2.75, 3.05) is 19.5 Å². The molecule has 0 radical (unpaired) electrons. The number of rotatable bonds is 9. The molecule has 3 aromatic rings. The molecule has 0 aliphatic carbocycles. The van der Waals surface area contributed by atoms with Gasteiger partial charge in [-0.05, 0) is 61.4 Å². The third kappa shape index (κ3) is 4.51. The predicted octanol–water partition coefficient (Wildman–Crippen LogP) is 3.40. The van der Waals surface area contributed by atoms with E-state index in [1.165, 1.54) is 11.8 Å². The van der Waals surface area contributed by atoms with Crippen molar-refractivity contribution in [3.63, 3.8) is 0 Å². The number of hydrogen-bond acceptors (Lipinski definition) is 6. The molecule has 0 unspecified atom stereocenters. The molecule has 0 amide bonds. The maximum atomic E-state index is 12.8. The molecule has 0 saturated heterocycles. The van der Waals surface area contributed by atoms with E-state index in [9.17, 15) is 4.79 Å². The Morgan fingerprint density at radius 1 is 1.21 bits per heavy atom. The van der Waals surface area contributed by atoms with Crippen LogP contribution in [0.4, 0.5) is 0 Å². The summed E-state index contributed by atoms with van der Waals surface area (Å²) in [7, 11) is 1.70. The minimum absolute atomic E-state index is 0.0786. The topological polar surface area (TPSA) is 74.8 Å². The molecule has 8 heteroatoms. The van der Waals surface area contributed by atoms with Crippen LogP contribution in [0.1, 0.15) is 33.7 Å². The minimum Gasteiger partial charge on any atom is -0.385 e. The molecule has 3 rings (SSSR count). The normalized spacial score (nSPS) is 11.1. The van der Waals surface area contributed by atoms with Crippen LogP contribution >= 0.6 is 11.8 Å². The lowest BCUT2D eigenvalue weighted by Crippen LogP contribution is -2.08. The largest absolute Gasteiger partial charge is 0.385 e. The van der Waals surface area contributed by atoms with E-state index in [2.05, 4.69) is 20.1 Å². The smallest absolute Gasteiger partial charge is 0.214 e. The summed E-state index contributed by atoms with van der Waals surface area (Å²) < 4.78 is 8.97. The predicted molar refractivity (Wildman–Crippen MR) is 109 cm³/mol. The van der Waals surface area contributed by atoms with Gasteiger partial charge in [0.1, 0.15) is 0 Å². The monoisotopic (exact) mass is 399 g/mol. The average Bonchev–Trinajstić information content (AvgIpc) is 3.26. The summed E-state index contributed by atoms with van der Waals surface area (Å²) in [6.07, 6.45) is 0.917. The second-order valence-corrected chi connectivity index (χ2v) is 7.65. The Morgan fingerprint density at radius 3 is 2.79 bits per heavy atom. The van der Waals surface area contributed by atoms with Crippen LogP contribution in [0, 0.1) is 20.8 Å². The number of ketones is 1. The number of aromatic nitrogens is 5. The third-order valence-electron chi connectivity index (χ3n) is 4.62. The van der Waals surface area contributed by atoms with Crippen LogP contribution in [0.25, 0.3) is 5.69 Å². The molecule has 148 valence electrons. The third-order valence-corrected chi connectivity index (χ3v) is 5.54. The zero-order valence-corrected chi connectivity index (χ0v) is 17.5. The van der Waals surface area contributed by atoms with Crippen molar-refractivity contribution in [3.8, 4) is 5.69 Å². The van der Waals surface area contributed by atoms with Crippen LogP contribution in [0.2, 0.25) is 0 Å². The van der Waals surface area contributed by atoms with Gasteiger partial charge in [0, 0.05) is 37.2 Å². The van der Waals surface area contributed by atoms with Gasteiger partial charge in [0.15, 0.2) is 5.78 Å². The van der Waals surface area contributed by atoms with E-state index in [0.29, 0.717) is 11.8 Å². The Hall–Kier alpha value is -2.45. The molecule has 0 aliphatic heterocycles. The van der Waals surface area contributed by atoms with E-state index in [1.54, 1.807) is 11.8 Å². The Balaban J connectivity index is 1.70. The summed E-state index contributed by atoms with van der Waals surface area (Å²) in [5, 5.41) is 12.5. The molecule has 0 saturated carbocycles. The molecular weight excluding hydrogens is 374 g/mol. The summed E-state index contributed by atoms with van der Waals surface area (Å²) in [6, 6.07) is 9.91. The van der Waals surface area contributed by atoms with Crippen LogP contribution in [0.15, 0.2) is 35.5 Å². The maximum absolute atomic E-state index is 12.8. The number of hydrogen-bond donors (Lipinski definition) is 0. The first-order valence-electron chi connectivity index (χ1n) is 9.18. The lowest BCUT2D eigenvalue weighted by Gasteiger charge is -2.09. The molecule has 7 nitrogen and oxygen atoms in total. The number of thioether (sulfide) groups is 1. The van der Waals surface area contributed by atoms with E-state index >= 15 is 0 Å². The second-order valence-electron chi connectivity index (χ2n) is 6.71. The van der Waals surface area contributed by atoms with Crippen molar-refractivity contribution in [1.82, 2.24) is 24.8 Å². The first-order valence-corrected chi connectivity index (χ1v) is 10.2. The zero-order valence-electron chi connectivity index (χ0n) is 16.7. The average molecular weight is 400 g/mol. The number of carbonyl (C=O) groups is 1. The van der Waals surface area contributed by atoms with Gasteiger partial charge in [-0.1, -0.05) is 23.9 Å². The second kappa shape index (κ2) is 9.16. The molecular formula is C20H25N5O2S. The fraction of sp³-hybridized carbons (Fsp3) is 0.400. The van der Waals surface area contributed by atoms with Crippen molar-refractivity contribution in [2.24, 2.45) is 0 Å². The molecule has 0 fully saturated rings. The van der Waals surface area contributed by atoms with E-state index < -0.39 is 0 Å². The molecule has 0 aliphatic rings.